The van der Waals surface area contributed by atoms with Gasteiger partial charge in [0.2, 0.25) is 0 Å². The fourth-order valence-corrected chi connectivity index (χ4v) is 2.63. The lowest BCUT2D eigenvalue weighted by Gasteiger charge is -2.20. The summed E-state index contributed by atoms with van der Waals surface area (Å²) in [5.41, 5.74) is 2.15. The summed E-state index contributed by atoms with van der Waals surface area (Å²) in [6.07, 6.45) is 1.22. The summed E-state index contributed by atoms with van der Waals surface area (Å²) in [5, 5.41) is 15.6. The third-order valence-corrected chi connectivity index (χ3v) is 3.88. The molecular formula is C15H24ClN3O2. The lowest BCUT2D eigenvalue weighted by Crippen LogP contribution is -2.38. The van der Waals surface area contributed by atoms with E-state index >= 15 is 0 Å². The highest BCUT2D eigenvalue weighted by Crippen LogP contribution is 2.24. The summed E-state index contributed by atoms with van der Waals surface area (Å²) in [5.74, 6) is 0.191. The summed E-state index contributed by atoms with van der Waals surface area (Å²) in [6.45, 7) is 7.97. The Labute approximate surface area is 131 Å². The van der Waals surface area contributed by atoms with Crippen LogP contribution in [-0.2, 0) is 0 Å². The molecule has 5 nitrogen and oxygen atoms in total. The number of urea groups is 1. The van der Waals surface area contributed by atoms with Crippen LogP contribution in [0, 0.1) is 19.8 Å². The van der Waals surface area contributed by atoms with E-state index < -0.39 is 12.1 Å². The Kier molecular flexibility index (Phi) is 6.92. The average Bonchev–Trinajstić information content (AvgIpc) is 2.42. The minimum atomic E-state index is -0.543. The van der Waals surface area contributed by atoms with Crippen molar-refractivity contribution in [2.75, 3.05) is 11.9 Å². The maximum atomic E-state index is 11.9. The van der Waals surface area contributed by atoms with Crippen molar-refractivity contribution < 1.29 is 9.90 Å². The van der Waals surface area contributed by atoms with Crippen LogP contribution in [0.4, 0.5) is 10.5 Å². The first kappa shape index (κ1) is 17.7. The van der Waals surface area contributed by atoms with Crippen molar-refractivity contribution in [2.45, 2.75) is 46.6 Å². The van der Waals surface area contributed by atoms with Crippen LogP contribution in [0.5, 0.6) is 0 Å². The number of hydrogen-bond donors (Lipinski definition) is 3. The van der Waals surface area contributed by atoms with Crippen molar-refractivity contribution >= 4 is 23.3 Å². The van der Waals surface area contributed by atoms with Gasteiger partial charge in [-0.1, -0.05) is 38.3 Å². The molecule has 3 N–H and O–H groups in total. The van der Waals surface area contributed by atoms with Gasteiger partial charge in [-0.2, -0.15) is 0 Å². The second kappa shape index (κ2) is 8.20. The van der Waals surface area contributed by atoms with E-state index in [0.717, 1.165) is 24.1 Å². The third-order valence-electron chi connectivity index (χ3n) is 3.60. The van der Waals surface area contributed by atoms with Crippen LogP contribution in [-0.4, -0.2) is 28.8 Å². The van der Waals surface area contributed by atoms with Gasteiger partial charge in [-0.05, 0) is 31.4 Å². The number of nitrogens with one attached hydrogen (secondary N) is 2. The first-order chi connectivity index (χ1) is 9.88. The molecule has 0 aliphatic rings. The molecule has 0 aliphatic heterocycles. The van der Waals surface area contributed by atoms with Crippen molar-refractivity contribution in [3.8, 4) is 0 Å². The fourth-order valence-electron chi connectivity index (χ4n) is 2.30. The van der Waals surface area contributed by atoms with Crippen LogP contribution in [0.25, 0.3) is 0 Å². The number of carbonyl (C=O) groups excluding carboxylic acids is 1. The van der Waals surface area contributed by atoms with E-state index in [1.807, 2.05) is 33.8 Å². The van der Waals surface area contributed by atoms with Crippen molar-refractivity contribution in [3.63, 3.8) is 0 Å². The van der Waals surface area contributed by atoms with Crippen molar-refractivity contribution in [3.05, 3.63) is 22.5 Å². The van der Waals surface area contributed by atoms with Crippen LogP contribution >= 0.6 is 11.6 Å². The van der Waals surface area contributed by atoms with Crippen molar-refractivity contribution in [2.24, 2.45) is 5.92 Å². The molecule has 1 aromatic rings. The zero-order chi connectivity index (χ0) is 16.0. The number of pyridine rings is 1. The standard InChI is InChI=1S/C15H24ClN3O2/c1-5-11(6-2)12(20)8-17-15(21)19-13-9(3)7-10(4)18-14(13)16/h7,11-12,20H,5-6,8H2,1-4H3,(H2,17,19,21). The number of halogens is 1. The first-order valence-corrected chi connectivity index (χ1v) is 7.63. The fraction of sp³-hybridized carbons (Fsp3) is 0.600. The predicted molar refractivity (Wildman–Crippen MR) is 85.8 cm³/mol. The van der Waals surface area contributed by atoms with Gasteiger partial charge in [-0.3, -0.25) is 0 Å². The number of carbonyl (C=O) groups is 1. The number of nitrogens with zero attached hydrogens (tertiary/aromatic N) is 1. The molecule has 0 spiro atoms. The van der Waals surface area contributed by atoms with Gasteiger partial charge in [0.25, 0.3) is 0 Å². The topological polar surface area (TPSA) is 74.2 Å². The second-order valence-electron chi connectivity index (χ2n) is 5.23. The van der Waals surface area contributed by atoms with E-state index in [0.29, 0.717) is 5.69 Å². The zero-order valence-corrected chi connectivity index (χ0v) is 13.8. The number of anilines is 1. The van der Waals surface area contributed by atoms with Gasteiger partial charge in [0.1, 0.15) is 0 Å². The molecule has 2 amide bonds. The number of rotatable bonds is 6. The Morgan fingerprint density at radius 1 is 1.38 bits per heavy atom. The highest BCUT2D eigenvalue weighted by atomic mass is 35.5. The molecule has 0 saturated carbocycles. The molecule has 118 valence electrons. The van der Waals surface area contributed by atoms with E-state index in [-0.39, 0.29) is 17.6 Å². The largest absolute Gasteiger partial charge is 0.391 e. The highest BCUT2D eigenvalue weighted by Gasteiger charge is 2.17. The SMILES string of the molecule is CCC(CC)C(O)CNC(=O)Nc1c(C)cc(C)nc1Cl. The van der Waals surface area contributed by atoms with Gasteiger partial charge >= 0.3 is 6.03 Å². The monoisotopic (exact) mass is 313 g/mol. The van der Waals surface area contributed by atoms with Gasteiger partial charge in [0, 0.05) is 12.2 Å². The summed E-state index contributed by atoms with van der Waals surface area (Å²) in [6, 6.07) is 1.45. The zero-order valence-electron chi connectivity index (χ0n) is 13.0. The number of aromatic nitrogens is 1. The molecule has 1 rings (SSSR count). The smallest absolute Gasteiger partial charge is 0.319 e. The van der Waals surface area contributed by atoms with Gasteiger partial charge in [-0.15, -0.1) is 0 Å². The predicted octanol–water partition coefficient (Wildman–Crippen LogP) is 3.27. The Morgan fingerprint density at radius 2 is 2.00 bits per heavy atom. The van der Waals surface area contributed by atoms with Crippen LogP contribution < -0.4 is 10.6 Å². The van der Waals surface area contributed by atoms with E-state index in [9.17, 15) is 9.90 Å². The third kappa shape index (κ3) is 5.17. The summed E-state index contributed by atoms with van der Waals surface area (Å²) < 4.78 is 0. The quantitative estimate of drug-likeness (QED) is 0.706. The van der Waals surface area contributed by atoms with Gasteiger partial charge in [0.15, 0.2) is 5.15 Å². The Bertz CT molecular complexity index is 467. The molecule has 1 heterocycles. The highest BCUT2D eigenvalue weighted by molar-refractivity contribution is 6.32. The van der Waals surface area contributed by atoms with Crippen LogP contribution in [0.1, 0.15) is 37.9 Å². The molecule has 0 aliphatic carbocycles. The molecular weight excluding hydrogens is 290 g/mol. The van der Waals surface area contributed by atoms with Gasteiger partial charge in [-0.25, -0.2) is 9.78 Å². The number of hydrogen-bond acceptors (Lipinski definition) is 3. The first-order valence-electron chi connectivity index (χ1n) is 7.25. The molecule has 0 bridgehead atoms. The maximum Gasteiger partial charge on any atom is 0.319 e. The normalized spacial score (nSPS) is 12.3. The van der Waals surface area contributed by atoms with Crippen LogP contribution in [0.15, 0.2) is 6.07 Å². The number of aliphatic hydroxyl groups excluding tert-OH is 1. The lowest BCUT2D eigenvalue weighted by atomic mass is 9.97. The number of amides is 2. The molecule has 0 saturated heterocycles. The molecule has 1 unspecified atom stereocenters. The Balaban J connectivity index is 2.59. The number of aliphatic hydroxyl groups is 1. The van der Waals surface area contributed by atoms with E-state index in [1.54, 1.807) is 0 Å². The molecule has 6 heteroatoms. The average molecular weight is 314 g/mol. The Hall–Kier alpha value is -1.33. The van der Waals surface area contributed by atoms with E-state index in [2.05, 4.69) is 15.6 Å². The second-order valence-corrected chi connectivity index (χ2v) is 5.58. The van der Waals surface area contributed by atoms with Gasteiger partial charge < -0.3 is 15.7 Å². The van der Waals surface area contributed by atoms with E-state index in [4.69, 9.17) is 11.6 Å². The molecule has 0 aromatic carbocycles. The maximum absolute atomic E-state index is 11.9. The van der Waals surface area contributed by atoms with Crippen molar-refractivity contribution in [1.29, 1.82) is 0 Å². The summed E-state index contributed by atoms with van der Waals surface area (Å²) in [7, 11) is 0. The lowest BCUT2D eigenvalue weighted by molar-refractivity contribution is 0.104. The Morgan fingerprint density at radius 3 is 2.52 bits per heavy atom. The van der Waals surface area contributed by atoms with Gasteiger partial charge in [0.05, 0.1) is 11.8 Å². The number of aryl methyl sites for hydroxylation is 2. The minimum absolute atomic E-state index is 0.191. The summed E-state index contributed by atoms with van der Waals surface area (Å²) >= 11 is 6.03. The minimum Gasteiger partial charge on any atom is -0.391 e. The molecule has 1 atom stereocenters. The van der Waals surface area contributed by atoms with E-state index in [1.165, 1.54) is 0 Å². The summed E-state index contributed by atoms with van der Waals surface area (Å²) in [4.78, 5) is 16.0. The molecule has 21 heavy (non-hydrogen) atoms. The molecule has 0 fully saturated rings. The molecule has 1 aromatic heterocycles. The molecule has 0 radical (unpaired) electrons. The van der Waals surface area contributed by atoms with Crippen LogP contribution in [0.3, 0.4) is 0 Å². The van der Waals surface area contributed by atoms with Crippen LogP contribution in [0.2, 0.25) is 5.15 Å². The van der Waals surface area contributed by atoms with Crippen molar-refractivity contribution in [1.82, 2.24) is 10.3 Å².